The lowest BCUT2D eigenvalue weighted by molar-refractivity contribution is -0.154. The topological polar surface area (TPSA) is 74.6 Å². The highest BCUT2D eigenvalue weighted by molar-refractivity contribution is 9.10. The Bertz CT molecular complexity index is 946. The summed E-state index contributed by atoms with van der Waals surface area (Å²) in [7, 11) is 0. The molecule has 1 N–H and O–H groups in total. The number of aromatic amines is 1. The summed E-state index contributed by atoms with van der Waals surface area (Å²) in [4.78, 5) is 10.7. The molecule has 122 valence electrons. The minimum absolute atomic E-state index is 0.134. The van der Waals surface area contributed by atoms with E-state index in [0.717, 1.165) is 21.6 Å². The number of benzene rings is 1. The number of para-hydroxylation sites is 1. The Morgan fingerprint density at radius 3 is 2.83 bits per heavy atom. The highest BCUT2D eigenvalue weighted by Crippen LogP contribution is 2.33. The van der Waals surface area contributed by atoms with Crippen molar-refractivity contribution in [1.29, 1.82) is 5.26 Å². The van der Waals surface area contributed by atoms with Gasteiger partial charge < -0.3 is 9.72 Å². The Morgan fingerprint density at radius 2 is 2.12 bits per heavy atom. The third-order valence-electron chi connectivity index (χ3n) is 3.17. The predicted octanol–water partition coefficient (Wildman–Crippen LogP) is 4.20. The number of H-pyrrole nitrogens is 1. The highest BCUT2D eigenvalue weighted by atomic mass is 79.9. The van der Waals surface area contributed by atoms with Gasteiger partial charge in [0.25, 0.3) is 0 Å². The maximum absolute atomic E-state index is 12.3. The van der Waals surface area contributed by atoms with Crippen LogP contribution in [0.25, 0.3) is 22.2 Å². The molecule has 24 heavy (non-hydrogen) atoms. The molecule has 0 unspecified atom stereocenters. The zero-order valence-corrected chi connectivity index (χ0v) is 13.4. The fourth-order valence-electron chi connectivity index (χ4n) is 2.18. The maximum Gasteiger partial charge on any atom is 0.422 e. The van der Waals surface area contributed by atoms with Crippen LogP contribution in [-0.2, 0) is 0 Å². The Morgan fingerprint density at radius 1 is 1.33 bits per heavy atom. The van der Waals surface area contributed by atoms with Crippen molar-refractivity contribution in [2.24, 2.45) is 0 Å². The standard InChI is InChI=1S/C15H8BrF3N4O/c16-11-3-1-2-9-10(6-21-13(9)11)12-8(4-20)5-22-14(23-12)24-7-15(17,18)19/h1-3,5-6,21H,7H2. The van der Waals surface area contributed by atoms with E-state index in [0.29, 0.717) is 5.56 Å². The molecule has 0 amide bonds. The van der Waals surface area contributed by atoms with Crippen molar-refractivity contribution in [3.8, 4) is 23.3 Å². The van der Waals surface area contributed by atoms with Gasteiger partial charge in [-0.25, -0.2) is 4.98 Å². The van der Waals surface area contributed by atoms with Crippen LogP contribution >= 0.6 is 15.9 Å². The van der Waals surface area contributed by atoms with Crippen LogP contribution in [0, 0.1) is 11.3 Å². The summed E-state index contributed by atoms with van der Waals surface area (Å²) in [5.41, 5.74) is 1.69. The van der Waals surface area contributed by atoms with E-state index in [2.05, 4.69) is 35.6 Å². The summed E-state index contributed by atoms with van der Waals surface area (Å²) in [6, 6.07) is 6.95. The minimum Gasteiger partial charge on any atom is -0.454 e. The molecule has 0 saturated heterocycles. The van der Waals surface area contributed by atoms with Crippen LogP contribution < -0.4 is 4.74 Å². The molecule has 0 aliphatic rings. The maximum atomic E-state index is 12.3. The number of nitrogens with one attached hydrogen (secondary N) is 1. The molecule has 5 nitrogen and oxygen atoms in total. The fourth-order valence-corrected chi connectivity index (χ4v) is 2.66. The average Bonchev–Trinajstić information content (AvgIpc) is 2.97. The molecule has 9 heteroatoms. The van der Waals surface area contributed by atoms with E-state index in [1.54, 1.807) is 12.3 Å². The lowest BCUT2D eigenvalue weighted by Crippen LogP contribution is -2.20. The number of nitriles is 1. The first-order chi connectivity index (χ1) is 11.4. The van der Waals surface area contributed by atoms with Gasteiger partial charge in [-0.1, -0.05) is 12.1 Å². The second-order valence-corrected chi connectivity index (χ2v) is 5.65. The second kappa shape index (κ2) is 6.13. The molecule has 0 aliphatic heterocycles. The predicted molar refractivity (Wildman–Crippen MR) is 83.3 cm³/mol. The summed E-state index contributed by atoms with van der Waals surface area (Å²) in [5.74, 6) is 0. The number of fused-ring (bicyclic) bond motifs is 1. The van der Waals surface area contributed by atoms with E-state index in [1.807, 2.05) is 18.2 Å². The average molecular weight is 397 g/mol. The van der Waals surface area contributed by atoms with Crippen LogP contribution in [0.5, 0.6) is 6.01 Å². The summed E-state index contributed by atoms with van der Waals surface area (Å²) in [6.45, 7) is -1.50. The van der Waals surface area contributed by atoms with Crippen LogP contribution in [0.3, 0.4) is 0 Å². The van der Waals surface area contributed by atoms with Crippen LogP contribution in [0.15, 0.2) is 35.1 Å². The zero-order chi connectivity index (χ0) is 17.3. The van der Waals surface area contributed by atoms with Crippen molar-refractivity contribution in [3.05, 3.63) is 40.6 Å². The Kier molecular flexibility index (Phi) is 4.15. The highest BCUT2D eigenvalue weighted by Gasteiger charge is 2.29. The van der Waals surface area contributed by atoms with Crippen LogP contribution in [0.2, 0.25) is 0 Å². The van der Waals surface area contributed by atoms with Gasteiger partial charge in [0, 0.05) is 21.6 Å². The lowest BCUT2D eigenvalue weighted by Gasteiger charge is -2.09. The summed E-state index contributed by atoms with van der Waals surface area (Å²) < 4.78 is 42.2. The van der Waals surface area contributed by atoms with Gasteiger partial charge in [0.05, 0.1) is 23.0 Å². The molecule has 3 rings (SSSR count). The van der Waals surface area contributed by atoms with Gasteiger partial charge in [0.2, 0.25) is 0 Å². The SMILES string of the molecule is N#Cc1cnc(OCC(F)(F)F)nc1-c1c[nH]c2c(Br)cccc12. The largest absolute Gasteiger partial charge is 0.454 e. The smallest absolute Gasteiger partial charge is 0.422 e. The molecule has 0 atom stereocenters. The molecule has 0 spiro atoms. The van der Waals surface area contributed by atoms with Crippen molar-refractivity contribution >= 4 is 26.8 Å². The van der Waals surface area contributed by atoms with Gasteiger partial charge in [-0.15, -0.1) is 0 Å². The molecular weight excluding hydrogens is 389 g/mol. The molecule has 3 aromatic rings. The number of ether oxygens (including phenoxy) is 1. The van der Waals surface area contributed by atoms with Gasteiger partial charge in [-0.05, 0) is 22.0 Å². The molecule has 0 bridgehead atoms. The molecular formula is C15H8BrF3N4O. The van der Waals surface area contributed by atoms with Crippen molar-refractivity contribution in [2.45, 2.75) is 6.18 Å². The number of rotatable bonds is 3. The second-order valence-electron chi connectivity index (χ2n) is 4.80. The van der Waals surface area contributed by atoms with E-state index < -0.39 is 18.8 Å². The third-order valence-corrected chi connectivity index (χ3v) is 3.83. The van der Waals surface area contributed by atoms with E-state index in [4.69, 9.17) is 0 Å². The number of alkyl halides is 3. The molecule has 0 radical (unpaired) electrons. The zero-order valence-electron chi connectivity index (χ0n) is 11.9. The van der Waals surface area contributed by atoms with E-state index in [1.165, 1.54) is 0 Å². The number of hydrogen-bond acceptors (Lipinski definition) is 4. The van der Waals surface area contributed by atoms with E-state index in [-0.39, 0.29) is 11.3 Å². The molecule has 0 aliphatic carbocycles. The first-order valence-electron chi connectivity index (χ1n) is 6.61. The van der Waals surface area contributed by atoms with Crippen LogP contribution in [0.4, 0.5) is 13.2 Å². The Labute approximate surface area is 142 Å². The Hall–Kier alpha value is -2.60. The third kappa shape index (κ3) is 3.19. The van der Waals surface area contributed by atoms with Crippen molar-refractivity contribution in [2.75, 3.05) is 6.61 Å². The van der Waals surface area contributed by atoms with Crippen molar-refractivity contribution < 1.29 is 17.9 Å². The van der Waals surface area contributed by atoms with Gasteiger partial charge in [0.15, 0.2) is 6.61 Å². The van der Waals surface area contributed by atoms with Crippen molar-refractivity contribution in [3.63, 3.8) is 0 Å². The van der Waals surface area contributed by atoms with Crippen LogP contribution in [0.1, 0.15) is 5.56 Å². The van der Waals surface area contributed by atoms with Gasteiger partial charge in [-0.2, -0.15) is 23.4 Å². The molecule has 2 heterocycles. The van der Waals surface area contributed by atoms with Crippen molar-refractivity contribution in [1.82, 2.24) is 15.0 Å². The van der Waals surface area contributed by atoms with E-state index in [9.17, 15) is 18.4 Å². The monoisotopic (exact) mass is 396 g/mol. The number of hydrogen-bond donors (Lipinski definition) is 1. The fraction of sp³-hybridized carbons (Fsp3) is 0.133. The first-order valence-corrected chi connectivity index (χ1v) is 7.41. The summed E-state index contributed by atoms with van der Waals surface area (Å²) >= 11 is 3.40. The first kappa shape index (κ1) is 16.3. The molecule has 0 fully saturated rings. The lowest BCUT2D eigenvalue weighted by atomic mass is 10.1. The summed E-state index contributed by atoms with van der Waals surface area (Å²) in [5, 5.41) is 9.99. The van der Waals surface area contributed by atoms with Gasteiger partial charge in [0.1, 0.15) is 6.07 Å². The van der Waals surface area contributed by atoms with Crippen LogP contribution in [-0.4, -0.2) is 27.7 Å². The number of aromatic nitrogens is 3. The Balaban J connectivity index is 2.08. The summed E-state index contributed by atoms with van der Waals surface area (Å²) in [6.07, 6.45) is -1.72. The molecule has 2 aromatic heterocycles. The molecule has 1 aromatic carbocycles. The number of nitrogens with zero attached hydrogens (tertiary/aromatic N) is 3. The molecule has 0 saturated carbocycles. The normalized spacial score (nSPS) is 11.5. The quantitative estimate of drug-likeness (QED) is 0.719. The number of halogens is 4. The van der Waals surface area contributed by atoms with Gasteiger partial charge in [-0.3, -0.25) is 0 Å². The van der Waals surface area contributed by atoms with Gasteiger partial charge >= 0.3 is 12.2 Å². The van der Waals surface area contributed by atoms with E-state index >= 15 is 0 Å². The minimum atomic E-state index is -4.50.